The van der Waals surface area contributed by atoms with Gasteiger partial charge in [-0.1, -0.05) is 41.0 Å². The van der Waals surface area contributed by atoms with Crippen molar-refractivity contribution in [1.82, 2.24) is 30.4 Å². The number of morpholine rings is 1. The smallest absolute Gasteiger partial charge is 0.230 e. The fourth-order valence-corrected chi connectivity index (χ4v) is 5.19. The van der Waals surface area contributed by atoms with Crippen molar-refractivity contribution in [3.63, 3.8) is 0 Å². The van der Waals surface area contributed by atoms with Gasteiger partial charge in [0, 0.05) is 31.6 Å². The molecular formula is C20H23Cl3N6O2S2. The van der Waals surface area contributed by atoms with Crippen LogP contribution in [-0.4, -0.2) is 69.1 Å². The fourth-order valence-electron chi connectivity index (χ4n) is 3.23. The molecule has 178 valence electrons. The molecule has 0 radical (unpaired) electrons. The largest absolute Gasteiger partial charge is 0.374 e. The van der Waals surface area contributed by atoms with Gasteiger partial charge in [-0.05, 0) is 24.6 Å². The number of H-pyrrole nitrogens is 1. The molecule has 1 aromatic carbocycles. The van der Waals surface area contributed by atoms with Gasteiger partial charge in [0.2, 0.25) is 11.7 Å². The molecule has 2 aromatic heterocycles. The highest BCUT2D eigenvalue weighted by molar-refractivity contribution is 8.01. The Hall–Kier alpha value is -1.40. The zero-order valence-electron chi connectivity index (χ0n) is 17.7. The summed E-state index contributed by atoms with van der Waals surface area (Å²) in [5, 5.41) is 12.9. The quantitative estimate of drug-likeness (QED) is 0.409. The third kappa shape index (κ3) is 7.54. The van der Waals surface area contributed by atoms with Gasteiger partial charge >= 0.3 is 0 Å². The number of aromatic amines is 1. The van der Waals surface area contributed by atoms with E-state index in [2.05, 4.69) is 30.4 Å². The Morgan fingerprint density at radius 1 is 1.36 bits per heavy atom. The van der Waals surface area contributed by atoms with Gasteiger partial charge in [0.05, 0.1) is 28.5 Å². The number of halogens is 3. The molecule has 1 aliphatic rings. The van der Waals surface area contributed by atoms with E-state index < -0.39 is 0 Å². The minimum Gasteiger partial charge on any atom is -0.374 e. The van der Waals surface area contributed by atoms with Crippen molar-refractivity contribution in [3.05, 3.63) is 45.0 Å². The number of aromatic nitrogens is 4. The molecule has 1 saturated heterocycles. The van der Waals surface area contributed by atoms with Crippen LogP contribution in [0.3, 0.4) is 0 Å². The number of thiazole rings is 1. The van der Waals surface area contributed by atoms with Crippen molar-refractivity contribution in [2.45, 2.75) is 23.9 Å². The summed E-state index contributed by atoms with van der Waals surface area (Å²) >= 11 is 15.0. The Kier molecular flexibility index (Phi) is 9.81. The van der Waals surface area contributed by atoms with Crippen LogP contribution in [0, 0.1) is 6.92 Å². The monoisotopic (exact) mass is 548 g/mol. The van der Waals surface area contributed by atoms with Crippen molar-refractivity contribution in [3.8, 4) is 11.5 Å². The number of benzene rings is 1. The predicted molar refractivity (Wildman–Crippen MR) is 135 cm³/mol. The van der Waals surface area contributed by atoms with Crippen molar-refractivity contribution in [2.75, 3.05) is 32.0 Å². The van der Waals surface area contributed by atoms with Gasteiger partial charge in [-0.3, -0.25) is 14.8 Å². The molecule has 4 rings (SSSR count). The molecule has 3 aromatic rings. The maximum atomic E-state index is 12.3. The molecule has 1 aliphatic heterocycles. The zero-order valence-corrected chi connectivity index (χ0v) is 21.7. The topological polar surface area (TPSA) is 96.0 Å². The Balaban J connectivity index is 0.00000306. The van der Waals surface area contributed by atoms with Crippen LogP contribution in [0.5, 0.6) is 0 Å². The van der Waals surface area contributed by atoms with Crippen molar-refractivity contribution in [1.29, 1.82) is 0 Å². The number of hydrogen-bond acceptors (Lipinski definition) is 8. The summed E-state index contributed by atoms with van der Waals surface area (Å²) < 4.78 is 6.62. The van der Waals surface area contributed by atoms with E-state index >= 15 is 0 Å². The molecule has 0 unspecified atom stereocenters. The number of ether oxygens (including phenoxy) is 1. The van der Waals surface area contributed by atoms with Gasteiger partial charge < -0.3 is 10.1 Å². The number of nitrogens with zero attached hydrogens (tertiary/aromatic N) is 4. The molecule has 1 fully saturated rings. The Morgan fingerprint density at radius 2 is 2.21 bits per heavy atom. The van der Waals surface area contributed by atoms with Gasteiger partial charge in [0.1, 0.15) is 11.5 Å². The first-order valence-electron chi connectivity index (χ1n) is 9.98. The van der Waals surface area contributed by atoms with E-state index in [0.29, 0.717) is 40.5 Å². The van der Waals surface area contributed by atoms with Crippen LogP contribution in [0.15, 0.2) is 27.9 Å². The van der Waals surface area contributed by atoms with Crippen LogP contribution >= 0.6 is 58.7 Å². The average Bonchev–Trinajstić information content (AvgIpc) is 3.42. The van der Waals surface area contributed by atoms with Gasteiger partial charge in [-0.25, -0.2) is 9.97 Å². The number of thioether (sulfide) groups is 1. The number of carbonyl (C=O) groups excluding carboxylic acids is 1. The molecule has 0 saturated carbocycles. The highest BCUT2D eigenvalue weighted by atomic mass is 35.5. The third-order valence-corrected chi connectivity index (χ3v) is 7.54. The Labute approximate surface area is 216 Å². The highest BCUT2D eigenvalue weighted by Gasteiger charge is 2.21. The Morgan fingerprint density at radius 3 is 2.97 bits per heavy atom. The first-order valence-corrected chi connectivity index (χ1v) is 12.6. The summed E-state index contributed by atoms with van der Waals surface area (Å²) in [5.74, 6) is 1.54. The third-order valence-electron chi connectivity index (χ3n) is 4.78. The molecule has 0 spiro atoms. The molecule has 13 heteroatoms. The minimum absolute atomic E-state index is 0. The lowest BCUT2D eigenvalue weighted by Crippen LogP contribution is -2.47. The molecule has 0 bridgehead atoms. The minimum atomic E-state index is -0.0547. The molecule has 0 aliphatic carbocycles. The van der Waals surface area contributed by atoms with E-state index in [4.69, 9.17) is 27.9 Å². The maximum absolute atomic E-state index is 12.3. The van der Waals surface area contributed by atoms with Crippen LogP contribution in [0.25, 0.3) is 11.5 Å². The van der Waals surface area contributed by atoms with Crippen LogP contribution < -0.4 is 5.32 Å². The molecule has 1 amide bonds. The maximum Gasteiger partial charge on any atom is 0.230 e. The predicted octanol–water partition coefficient (Wildman–Crippen LogP) is 4.07. The zero-order chi connectivity index (χ0) is 22.5. The van der Waals surface area contributed by atoms with E-state index in [0.717, 1.165) is 35.4 Å². The van der Waals surface area contributed by atoms with E-state index in [1.165, 1.54) is 23.1 Å². The first kappa shape index (κ1) is 26.2. The van der Waals surface area contributed by atoms with Gasteiger partial charge in [-0.2, -0.15) is 5.10 Å². The van der Waals surface area contributed by atoms with E-state index in [9.17, 15) is 4.79 Å². The van der Waals surface area contributed by atoms with Crippen molar-refractivity contribution >= 4 is 64.6 Å². The SMILES string of the molecule is Cc1nc(-c2csc(SCC(=O)NC[C@H]3CN(Cc4ccc(Cl)c(Cl)c4)CCO3)n2)n[nH]1.Cl. The van der Waals surface area contributed by atoms with Crippen LogP contribution in [-0.2, 0) is 16.1 Å². The summed E-state index contributed by atoms with van der Waals surface area (Å²) in [6.45, 7) is 5.26. The molecule has 33 heavy (non-hydrogen) atoms. The fraction of sp³-hybridized carbons (Fsp3) is 0.400. The molecule has 3 heterocycles. The molecule has 1 atom stereocenters. The van der Waals surface area contributed by atoms with Crippen molar-refractivity contribution in [2.24, 2.45) is 0 Å². The van der Waals surface area contributed by atoms with E-state index in [-0.39, 0.29) is 24.4 Å². The van der Waals surface area contributed by atoms with E-state index in [1.807, 2.05) is 30.5 Å². The molecular weight excluding hydrogens is 527 g/mol. The van der Waals surface area contributed by atoms with Crippen LogP contribution in [0.4, 0.5) is 0 Å². The van der Waals surface area contributed by atoms with Crippen LogP contribution in [0.1, 0.15) is 11.4 Å². The van der Waals surface area contributed by atoms with Gasteiger partial charge in [-0.15, -0.1) is 23.7 Å². The molecule has 2 N–H and O–H groups in total. The Bertz CT molecular complexity index is 1080. The number of hydrogen-bond donors (Lipinski definition) is 2. The summed E-state index contributed by atoms with van der Waals surface area (Å²) in [7, 11) is 0. The second-order valence-corrected chi connectivity index (χ2v) is 10.2. The standard InChI is InChI=1S/C20H22Cl2N6O2S2.ClH/c1-12-24-19(27-26-12)17-10-31-20(25-17)32-11-18(29)23-7-14-9-28(4-5-30-14)8-13-2-3-15(21)16(22)6-13;/h2-3,6,10,14H,4-5,7-9,11H2,1H3,(H,23,29)(H,24,26,27);1H/t14-;/m0./s1. The second-order valence-electron chi connectivity index (χ2n) is 7.31. The lowest BCUT2D eigenvalue weighted by molar-refractivity contribution is -0.119. The number of aryl methyl sites for hydroxylation is 1. The lowest BCUT2D eigenvalue weighted by Gasteiger charge is -2.33. The number of amides is 1. The first-order chi connectivity index (χ1) is 15.5. The lowest BCUT2D eigenvalue weighted by atomic mass is 10.2. The van der Waals surface area contributed by atoms with Gasteiger partial charge in [0.15, 0.2) is 4.34 Å². The average molecular weight is 550 g/mol. The summed E-state index contributed by atoms with van der Waals surface area (Å²) in [4.78, 5) is 23.3. The van der Waals surface area contributed by atoms with Gasteiger partial charge in [0.25, 0.3) is 0 Å². The second kappa shape index (κ2) is 12.3. The number of carbonyl (C=O) groups is 1. The highest BCUT2D eigenvalue weighted by Crippen LogP contribution is 2.26. The van der Waals surface area contributed by atoms with Crippen molar-refractivity contribution < 1.29 is 9.53 Å². The number of nitrogens with one attached hydrogen (secondary N) is 2. The number of rotatable bonds is 8. The summed E-state index contributed by atoms with van der Waals surface area (Å²) in [6, 6.07) is 5.68. The summed E-state index contributed by atoms with van der Waals surface area (Å²) in [5.41, 5.74) is 1.81. The molecule has 8 nitrogen and oxygen atoms in total. The van der Waals surface area contributed by atoms with Crippen LogP contribution in [0.2, 0.25) is 10.0 Å². The summed E-state index contributed by atoms with van der Waals surface area (Å²) in [6.07, 6.45) is -0.0547. The van der Waals surface area contributed by atoms with E-state index in [1.54, 1.807) is 0 Å². The normalized spacial score (nSPS) is 16.4.